The zero-order chi connectivity index (χ0) is 10.4. The van der Waals surface area contributed by atoms with Gasteiger partial charge in [0.05, 0.1) is 0 Å². The molecule has 1 rings (SSSR count). The van der Waals surface area contributed by atoms with E-state index in [-0.39, 0.29) is 0 Å². The molecule has 2 unspecified atom stereocenters. The van der Waals surface area contributed by atoms with Crippen molar-refractivity contribution in [3.63, 3.8) is 0 Å². The smallest absolute Gasteiger partial charge is 0.0130 e. The summed E-state index contributed by atoms with van der Waals surface area (Å²) in [5, 5.41) is 3.53. The third-order valence-electron chi connectivity index (χ3n) is 2.84. The van der Waals surface area contributed by atoms with Crippen LogP contribution in [0.3, 0.4) is 0 Å². The normalized spacial score (nSPS) is 15.1. The Bertz CT molecular complexity index is 243. The molecule has 0 spiro atoms. The molecule has 1 N–H and O–H groups in total. The van der Waals surface area contributed by atoms with Gasteiger partial charge in [-0.15, -0.1) is 0 Å². The Morgan fingerprint density at radius 1 is 1.14 bits per heavy atom. The van der Waals surface area contributed by atoms with Crippen molar-refractivity contribution in [1.29, 1.82) is 0 Å². The largest absolute Gasteiger partial charge is 0.314 e. The van der Waals surface area contributed by atoms with Crippen LogP contribution in [0.15, 0.2) is 30.3 Å². The number of rotatable bonds is 5. The van der Waals surface area contributed by atoms with Gasteiger partial charge in [0.15, 0.2) is 0 Å². The summed E-state index contributed by atoms with van der Waals surface area (Å²) in [5.74, 6) is 0.598. The molecule has 0 heterocycles. The summed E-state index contributed by atoms with van der Waals surface area (Å²) in [7, 11) is 0. The number of nitrogens with one attached hydrogen (secondary N) is 1. The fourth-order valence-electron chi connectivity index (χ4n) is 1.93. The zero-order valence-corrected chi connectivity index (χ0v) is 9.46. The van der Waals surface area contributed by atoms with Crippen molar-refractivity contribution in [3.8, 4) is 0 Å². The van der Waals surface area contributed by atoms with Crippen LogP contribution in [0.5, 0.6) is 0 Å². The molecule has 0 aromatic heterocycles. The Hall–Kier alpha value is -0.820. The molecule has 0 fully saturated rings. The molecule has 0 aliphatic heterocycles. The van der Waals surface area contributed by atoms with Crippen LogP contribution in [0.2, 0.25) is 0 Å². The number of hydrogen-bond donors (Lipinski definition) is 1. The van der Waals surface area contributed by atoms with Gasteiger partial charge in [-0.1, -0.05) is 51.1 Å². The molecule has 0 saturated heterocycles. The van der Waals surface area contributed by atoms with Crippen molar-refractivity contribution in [2.24, 2.45) is 0 Å². The predicted octanol–water partition coefficient (Wildman–Crippen LogP) is 3.18. The summed E-state index contributed by atoms with van der Waals surface area (Å²) < 4.78 is 0. The first-order valence-corrected chi connectivity index (χ1v) is 5.57. The average Bonchev–Trinajstić information content (AvgIpc) is 2.26. The van der Waals surface area contributed by atoms with Crippen molar-refractivity contribution in [2.45, 2.75) is 39.2 Å². The van der Waals surface area contributed by atoms with E-state index in [9.17, 15) is 0 Å². The van der Waals surface area contributed by atoms with Crippen LogP contribution < -0.4 is 5.32 Å². The van der Waals surface area contributed by atoms with Crippen LogP contribution in [0.1, 0.15) is 38.7 Å². The summed E-state index contributed by atoms with van der Waals surface area (Å²) in [6, 6.07) is 11.3. The SMILES string of the molecule is CCNC(CC)C(C)c1ccccc1. The maximum Gasteiger partial charge on any atom is 0.0130 e. The van der Waals surface area contributed by atoms with Gasteiger partial charge < -0.3 is 5.32 Å². The fourth-order valence-corrected chi connectivity index (χ4v) is 1.93. The maximum absolute atomic E-state index is 3.53. The van der Waals surface area contributed by atoms with Crippen LogP contribution in [-0.2, 0) is 0 Å². The topological polar surface area (TPSA) is 12.0 Å². The van der Waals surface area contributed by atoms with Gasteiger partial charge >= 0.3 is 0 Å². The van der Waals surface area contributed by atoms with E-state index in [4.69, 9.17) is 0 Å². The summed E-state index contributed by atoms with van der Waals surface area (Å²) in [4.78, 5) is 0. The second kappa shape index (κ2) is 5.82. The van der Waals surface area contributed by atoms with Gasteiger partial charge in [-0.3, -0.25) is 0 Å². The summed E-state index contributed by atoms with van der Waals surface area (Å²) in [6.07, 6.45) is 1.18. The molecule has 78 valence electrons. The number of hydrogen-bond acceptors (Lipinski definition) is 1. The Morgan fingerprint density at radius 3 is 2.29 bits per heavy atom. The lowest BCUT2D eigenvalue weighted by Crippen LogP contribution is -2.32. The van der Waals surface area contributed by atoms with Crippen molar-refractivity contribution in [1.82, 2.24) is 5.32 Å². The lowest BCUT2D eigenvalue weighted by molar-refractivity contribution is 0.449. The molecule has 0 aliphatic carbocycles. The van der Waals surface area contributed by atoms with Crippen molar-refractivity contribution < 1.29 is 0 Å². The van der Waals surface area contributed by atoms with Crippen LogP contribution in [0.4, 0.5) is 0 Å². The van der Waals surface area contributed by atoms with Crippen LogP contribution in [0, 0.1) is 0 Å². The quantitative estimate of drug-likeness (QED) is 0.753. The highest BCUT2D eigenvalue weighted by Gasteiger charge is 2.15. The van der Waals surface area contributed by atoms with E-state index in [2.05, 4.69) is 56.4 Å². The Morgan fingerprint density at radius 2 is 1.79 bits per heavy atom. The van der Waals surface area contributed by atoms with Crippen LogP contribution >= 0.6 is 0 Å². The van der Waals surface area contributed by atoms with E-state index in [1.807, 2.05) is 0 Å². The minimum atomic E-state index is 0.598. The minimum Gasteiger partial charge on any atom is -0.314 e. The van der Waals surface area contributed by atoms with Gasteiger partial charge in [0, 0.05) is 6.04 Å². The standard InChI is InChI=1S/C13H21N/c1-4-13(14-5-2)11(3)12-9-7-6-8-10-12/h6-11,13-14H,4-5H2,1-3H3. The van der Waals surface area contributed by atoms with E-state index in [0.717, 1.165) is 6.54 Å². The van der Waals surface area contributed by atoms with E-state index in [1.165, 1.54) is 12.0 Å². The molecule has 1 aromatic rings. The van der Waals surface area contributed by atoms with E-state index < -0.39 is 0 Å². The van der Waals surface area contributed by atoms with E-state index in [0.29, 0.717) is 12.0 Å². The van der Waals surface area contributed by atoms with Gasteiger partial charge in [-0.05, 0) is 24.4 Å². The van der Waals surface area contributed by atoms with Gasteiger partial charge in [0.25, 0.3) is 0 Å². The molecule has 14 heavy (non-hydrogen) atoms. The van der Waals surface area contributed by atoms with E-state index >= 15 is 0 Å². The van der Waals surface area contributed by atoms with Gasteiger partial charge in [-0.2, -0.15) is 0 Å². The molecular formula is C13H21N. The lowest BCUT2D eigenvalue weighted by atomic mass is 9.92. The average molecular weight is 191 g/mol. The Balaban J connectivity index is 2.67. The molecule has 0 radical (unpaired) electrons. The number of benzene rings is 1. The minimum absolute atomic E-state index is 0.598. The van der Waals surface area contributed by atoms with Crippen LogP contribution in [-0.4, -0.2) is 12.6 Å². The molecule has 2 atom stereocenters. The number of likely N-dealkylation sites (N-methyl/N-ethyl adjacent to an activating group) is 1. The molecule has 1 aromatic carbocycles. The lowest BCUT2D eigenvalue weighted by Gasteiger charge is -2.23. The monoisotopic (exact) mass is 191 g/mol. The highest BCUT2D eigenvalue weighted by molar-refractivity contribution is 5.20. The highest BCUT2D eigenvalue weighted by atomic mass is 14.9. The van der Waals surface area contributed by atoms with Crippen molar-refractivity contribution in [2.75, 3.05) is 6.54 Å². The molecule has 0 aliphatic rings. The summed E-state index contributed by atoms with van der Waals surface area (Å²) in [6.45, 7) is 7.76. The molecule has 1 nitrogen and oxygen atoms in total. The summed E-state index contributed by atoms with van der Waals surface area (Å²) >= 11 is 0. The Kier molecular flexibility index (Phi) is 4.68. The first-order chi connectivity index (χ1) is 6.79. The fraction of sp³-hybridized carbons (Fsp3) is 0.538. The third-order valence-corrected chi connectivity index (χ3v) is 2.84. The third kappa shape index (κ3) is 2.85. The van der Waals surface area contributed by atoms with Crippen LogP contribution in [0.25, 0.3) is 0 Å². The van der Waals surface area contributed by atoms with Gasteiger partial charge in [0.2, 0.25) is 0 Å². The van der Waals surface area contributed by atoms with Gasteiger partial charge in [-0.25, -0.2) is 0 Å². The predicted molar refractivity (Wildman–Crippen MR) is 62.6 cm³/mol. The van der Waals surface area contributed by atoms with E-state index in [1.54, 1.807) is 0 Å². The van der Waals surface area contributed by atoms with Crippen molar-refractivity contribution >= 4 is 0 Å². The second-order valence-electron chi connectivity index (χ2n) is 3.77. The molecule has 0 bridgehead atoms. The van der Waals surface area contributed by atoms with Crippen molar-refractivity contribution in [3.05, 3.63) is 35.9 Å². The van der Waals surface area contributed by atoms with Gasteiger partial charge in [0.1, 0.15) is 0 Å². The highest BCUT2D eigenvalue weighted by Crippen LogP contribution is 2.20. The molecule has 1 heteroatoms. The first kappa shape index (κ1) is 11.3. The molecule has 0 amide bonds. The summed E-state index contributed by atoms with van der Waals surface area (Å²) in [5.41, 5.74) is 1.43. The first-order valence-electron chi connectivity index (χ1n) is 5.57. The molecule has 0 saturated carbocycles. The Labute approximate surface area is 87.5 Å². The molecular weight excluding hydrogens is 170 g/mol. The second-order valence-corrected chi connectivity index (χ2v) is 3.77. The maximum atomic E-state index is 3.53. The zero-order valence-electron chi connectivity index (χ0n) is 9.46.